The van der Waals surface area contributed by atoms with Gasteiger partial charge in [0, 0.05) is 18.2 Å². The number of halogens is 1. The van der Waals surface area contributed by atoms with Crippen LogP contribution in [0.25, 0.3) is 0 Å². The molecule has 0 aliphatic rings. The standard InChI is InChI=1S/C11H12ClN3O2/c1-16-11-5-7(14-6-15-11)4-8(13)9-2-3-10(12)17-9/h2-3,5-6,8H,4,13H2,1H3. The van der Waals surface area contributed by atoms with Crippen LogP contribution in [0.2, 0.25) is 5.22 Å². The molecule has 0 aromatic carbocycles. The first-order valence-electron chi connectivity index (χ1n) is 5.05. The van der Waals surface area contributed by atoms with Crippen molar-refractivity contribution in [1.29, 1.82) is 0 Å². The van der Waals surface area contributed by atoms with Crippen molar-refractivity contribution < 1.29 is 9.15 Å². The summed E-state index contributed by atoms with van der Waals surface area (Å²) in [5.74, 6) is 1.15. The number of ether oxygens (including phenoxy) is 1. The highest BCUT2D eigenvalue weighted by Gasteiger charge is 2.12. The van der Waals surface area contributed by atoms with Gasteiger partial charge < -0.3 is 14.9 Å². The Morgan fingerprint density at radius 2 is 2.29 bits per heavy atom. The van der Waals surface area contributed by atoms with Crippen molar-refractivity contribution in [3.05, 3.63) is 41.2 Å². The second-order valence-electron chi connectivity index (χ2n) is 3.50. The highest BCUT2D eigenvalue weighted by atomic mass is 35.5. The van der Waals surface area contributed by atoms with Gasteiger partial charge in [-0.15, -0.1) is 0 Å². The van der Waals surface area contributed by atoms with Crippen LogP contribution in [0.3, 0.4) is 0 Å². The summed E-state index contributed by atoms with van der Waals surface area (Å²) in [5.41, 5.74) is 6.77. The van der Waals surface area contributed by atoms with Gasteiger partial charge in [-0.1, -0.05) is 0 Å². The lowest BCUT2D eigenvalue weighted by atomic mass is 10.1. The Morgan fingerprint density at radius 3 is 2.94 bits per heavy atom. The zero-order valence-electron chi connectivity index (χ0n) is 9.26. The van der Waals surface area contributed by atoms with E-state index in [1.54, 1.807) is 25.3 Å². The van der Waals surface area contributed by atoms with Crippen LogP contribution in [0.15, 0.2) is 28.9 Å². The lowest BCUT2D eigenvalue weighted by molar-refractivity contribution is 0.395. The molecule has 90 valence electrons. The van der Waals surface area contributed by atoms with E-state index in [9.17, 15) is 0 Å². The fourth-order valence-electron chi connectivity index (χ4n) is 1.45. The minimum absolute atomic E-state index is 0.290. The van der Waals surface area contributed by atoms with Crippen LogP contribution in [0.4, 0.5) is 0 Å². The first-order valence-corrected chi connectivity index (χ1v) is 5.42. The molecule has 0 saturated carbocycles. The SMILES string of the molecule is COc1cc(CC(N)c2ccc(Cl)o2)ncn1. The van der Waals surface area contributed by atoms with Gasteiger partial charge in [0.1, 0.15) is 12.1 Å². The highest BCUT2D eigenvalue weighted by Crippen LogP contribution is 2.21. The smallest absolute Gasteiger partial charge is 0.216 e. The molecule has 0 spiro atoms. The van der Waals surface area contributed by atoms with Crippen LogP contribution in [-0.4, -0.2) is 17.1 Å². The van der Waals surface area contributed by atoms with Crippen LogP contribution < -0.4 is 10.5 Å². The zero-order chi connectivity index (χ0) is 12.3. The van der Waals surface area contributed by atoms with Gasteiger partial charge in [-0.3, -0.25) is 0 Å². The molecule has 0 bridgehead atoms. The number of furan rings is 1. The molecular formula is C11H12ClN3O2. The van der Waals surface area contributed by atoms with Gasteiger partial charge in [-0.05, 0) is 23.7 Å². The molecule has 5 nitrogen and oxygen atoms in total. The normalized spacial score (nSPS) is 12.4. The predicted octanol–water partition coefficient (Wildman–Crippen LogP) is 1.97. The molecule has 2 rings (SSSR count). The van der Waals surface area contributed by atoms with Gasteiger partial charge in [0.15, 0.2) is 5.22 Å². The Balaban J connectivity index is 2.09. The van der Waals surface area contributed by atoms with Crippen molar-refractivity contribution in [3.63, 3.8) is 0 Å². The Bertz CT molecular complexity index is 501. The van der Waals surface area contributed by atoms with E-state index in [0.29, 0.717) is 23.3 Å². The average molecular weight is 254 g/mol. The minimum Gasteiger partial charge on any atom is -0.481 e. The number of nitrogens with zero attached hydrogens (tertiary/aromatic N) is 2. The summed E-state index contributed by atoms with van der Waals surface area (Å²) in [4.78, 5) is 8.04. The van der Waals surface area contributed by atoms with Crippen molar-refractivity contribution in [1.82, 2.24) is 9.97 Å². The molecule has 0 aliphatic heterocycles. The molecule has 17 heavy (non-hydrogen) atoms. The second kappa shape index (κ2) is 5.16. The largest absolute Gasteiger partial charge is 0.481 e. The van der Waals surface area contributed by atoms with E-state index < -0.39 is 0 Å². The fourth-order valence-corrected chi connectivity index (χ4v) is 1.61. The monoisotopic (exact) mass is 253 g/mol. The molecular weight excluding hydrogens is 242 g/mol. The lowest BCUT2D eigenvalue weighted by Crippen LogP contribution is -2.13. The number of hydrogen-bond acceptors (Lipinski definition) is 5. The lowest BCUT2D eigenvalue weighted by Gasteiger charge is -2.08. The van der Waals surface area contributed by atoms with Gasteiger partial charge >= 0.3 is 0 Å². The third kappa shape index (κ3) is 2.95. The van der Waals surface area contributed by atoms with Crippen LogP contribution in [0.1, 0.15) is 17.5 Å². The third-order valence-electron chi connectivity index (χ3n) is 2.30. The summed E-state index contributed by atoms with van der Waals surface area (Å²) < 4.78 is 10.2. The molecule has 0 saturated heterocycles. The third-order valence-corrected chi connectivity index (χ3v) is 2.50. The first-order chi connectivity index (χ1) is 8.19. The Hall–Kier alpha value is -1.59. The maximum absolute atomic E-state index is 5.98. The molecule has 2 aromatic rings. The maximum atomic E-state index is 5.98. The predicted molar refractivity (Wildman–Crippen MR) is 62.9 cm³/mol. The van der Waals surface area contributed by atoms with E-state index in [4.69, 9.17) is 26.5 Å². The van der Waals surface area contributed by atoms with E-state index in [1.165, 1.54) is 6.33 Å². The molecule has 2 N–H and O–H groups in total. The first kappa shape index (κ1) is 11.9. The quantitative estimate of drug-likeness (QED) is 0.902. The minimum atomic E-state index is -0.290. The Labute approximate surface area is 104 Å². The molecule has 0 amide bonds. The number of nitrogens with two attached hydrogens (primary N) is 1. The van der Waals surface area contributed by atoms with E-state index >= 15 is 0 Å². The molecule has 0 radical (unpaired) electrons. The summed E-state index contributed by atoms with van der Waals surface area (Å²) in [6.45, 7) is 0. The number of hydrogen-bond donors (Lipinski definition) is 1. The van der Waals surface area contributed by atoms with Crippen LogP contribution in [0.5, 0.6) is 5.88 Å². The van der Waals surface area contributed by atoms with Gasteiger partial charge in [0.2, 0.25) is 5.88 Å². The van der Waals surface area contributed by atoms with Crippen molar-refractivity contribution >= 4 is 11.6 Å². The molecule has 0 aliphatic carbocycles. The summed E-state index contributed by atoms with van der Waals surface area (Å²) in [7, 11) is 1.55. The van der Waals surface area contributed by atoms with Gasteiger partial charge in [0.25, 0.3) is 0 Å². The maximum Gasteiger partial charge on any atom is 0.216 e. The van der Waals surface area contributed by atoms with E-state index in [1.807, 2.05) is 0 Å². The second-order valence-corrected chi connectivity index (χ2v) is 3.88. The van der Waals surface area contributed by atoms with Crippen LogP contribution >= 0.6 is 11.6 Å². The topological polar surface area (TPSA) is 74.2 Å². The van der Waals surface area contributed by atoms with E-state index in [-0.39, 0.29) is 6.04 Å². The zero-order valence-corrected chi connectivity index (χ0v) is 10.0. The summed E-state index contributed by atoms with van der Waals surface area (Å²) >= 11 is 5.69. The van der Waals surface area contributed by atoms with Crippen molar-refractivity contribution in [2.24, 2.45) is 5.73 Å². The van der Waals surface area contributed by atoms with E-state index in [0.717, 1.165) is 5.69 Å². The molecule has 2 aromatic heterocycles. The van der Waals surface area contributed by atoms with Crippen molar-refractivity contribution in [3.8, 4) is 5.88 Å². The summed E-state index contributed by atoms with van der Waals surface area (Å²) in [6.07, 6.45) is 1.97. The number of methoxy groups -OCH3 is 1. The number of rotatable bonds is 4. The van der Waals surface area contributed by atoms with Gasteiger partial charge in [-0.25, -0.2) is 9.97 Å². The Kier molecular flexibility index (Phi) is 3.61. The van der Waals surface area contributed by atoms with Crippen molar-refractivity contribution in [2.75, 3.05) is 7.11 Å². The Morgan fingerprint density at radius 1 is 1.47 bits per heavy atom. The molecule has 0 fully saturated rings. The summed E-state index contributed by atoms with van der Waals surface area (Å²) in [6, 6.07) is 4.87. The fraction of sp³-hybridized carbons (Fsp3) is 0.273. The highest BCUT2D eigenvalue weighted by molar-refractivity contribution is 6.28. The summed E-state index contributed by atoms with van der Waals surface area (Å²) in [5, 5.41) is 0.329. The molecule has 6 heteroatoms. The van der Waals surface area contributed by atoms with Crippen LogP contribution in [0, 0.1) is 0 Å². The molecule has 1 atom stereocenters. The molecule has 2 heterocycles. The van der Waals surface area contributed by atoms with Gasteiger partial charge in [0.05, 0.1) is 13.2 Å². The average Bonchev–Trinajstić information content (AvgIpc) is 2.76. The van der Waals surface area contributed by atoms with E-state index in [2.05, 4.69) is 9.97 Å². The van der Waals surface area contributed by atoms with Gasteiger partial charge in [-0.2, -0.15) is 0 Å². The molecule has 1 unspecified atom stereocenters. The van der Waals surface area contributed by atoms with Crippen molar-refractivity contribution in [2.45, 2.75) is 12.5 Å². The number of aromatic nitrogens is 2. The van der Waals surface area contributed by atoms with Crippen LogP contribution in [-0.2, 0) is 6.42 Å².